The molecule has 0 unspecified atom stereocenters. The highest BCUT2D eigenvalue weighted by atomic mass is 19.3. The molecule has 1 N–H and O–H groups in total. The molecule has 88 valence electrons. The number of hydrogen-bond donors (Lipinski definition) is 1. The number of carbonyl (C=O) groups is 1. The molecule has 1 rings (SSSR count). The number of carbonyl (C=O) groups excluding carboxylic acids is 1. The van der Waals surface area contributed by atoms with E-state index in [4.69, 9.17) is 5.11 Å². The summed E-state index contributed by atoms with van der Waals surface area (Å²) in [5.41, 5.74) is 0.451. The van der Waals surface area contributed by atoms with Crippen molar-refractivity contribution in [2.24, 2.45) is 0 Å². The monoisotopic (exact) mass is 228 g/mol. The summed E-state index contributed by atoms with van der Waals surface area (Å²) in [5, 5.41) is 8.94. The van der Waals surface area contributed by atoms with Gasteiger partial charge in [-0.2, -0.15) is 8.78 Å². The first-order chi connectivity index (χ1) is 7.34. The molecule has 0 fully saturated rings. The van der Waals surface area contributed by atoms with Crippen LogP contribution in [0.25, 0.3) is 0 Å². The lowest BCUT2D eigenvalue weighted by Crippen LogP contribution is -2.27. The van der Waals surface area contributed by atoms with Crippen molar-refractivity contribution in [2.45, 2.75) is 32.3 Å². The topological polar surface area (TPSA) is 37.3 Å². The van der Waals surface area contributed by atoms with E-state index in [0.717, 1.165) is 6.92 Å². The minimum absolute atomic E-state index is 0.0185. The summed E-state index contributed by atoms with van der Waals surface area (Å²) in [7, 11) is 0. The van der Waals surface area contributed by atoms with Gasteiger partial charge >= 0.3 is 0 Å². The second kappa shape index (κ2) is 4.70. The van der Waals surface area contributed by atoms with E-state index in [-0.39, 0.29) is 17.8 Å². The lowest BCUT2D eigenvalue weighted by Gasteiger charge is -2.19. The zero-order chi connectivity index (χ0) is 12.3. The van der Waals surface area contributed by atoms with Gasteiger partial charge in [0.1, 0.15) is 11.9 Å². The Morgan fingerprint density at radius 3 is 2.25 bits per heavy atom. The van der Waals surface area contributed by atoms with Crippen molar-refractivity contribution in [3.8, 4) is 0 Å². The van der Waals surface area contributed by atoms with Gasteiger partial charge < -0.3 is 5.11 Å². The summed E-state index contributed by atoms with van der Waals surface area (Å²) in [6.45, 7) is 2.49. The fourth-order valence-corrected chi connectivity index (χ4v) is 1.37. The standard InChI is InChI=1S/C12H14F2O2/c1-8(15)7-10-3-5-11(6-4-10)12(13,14)9(2)16/h3-6,9,16H,7H2,1-2H3/t9-/m0/s1. The van der Waals surface area contributed by atoms with E-state index in [1.54, 1.807) is 0 Å². The van der Waals surface area contributed by atoms with E-state index in [1.807, 2.05) is 0 Å². The van der Waals surface area contributed by atoms with Crippen molar-refractivity contribution >= 4 is 5.78 Å². The predicted molar refractivity (Wildman–Crippen MR) is 56.4 cm³/mol. The van der Waals surface area contributed by atoms with Crippen LogP contribution < -0.4 is 0 Å². The van der Waals surface area contributed by atoms with Crippen molar-refractivity contribution in [1.29, 1.82) is 0 Å². The van der Waals surface area contributed by atoms with Crippen LogP contribution >= 0.6 is 0 Å². The van der Waals surface area contributed by atoms with Gasteiger partial charge in [0.2, 0.25) is 0 Å². The molecule has 0 radical (unpaired) electrons. The van der Waals surface area contributed by atoms with Crippen molar-refractivity contribution in [3.05, 3.63) is 35.4 Å². The Bertz CT molecular complexity index is 369. The summed E-state index contributed by atoms with van der Waals surface area (Å²) in [5.74, 6) is -3.27. The van der Waals surface area contributed by atoms with Crippen LogP contribution in [0.1, 0.15) is 25.0 Å². The molecule has 1 aromatic rings. The minimum atomic E-state index is -3.26. The molecule has 0 aromatic heterocycles. The third kappa shape index (κ3) is 2.85. The Kier molecular flexibility index (Phi) is 3.75. The Morgan fingerprint density at radius 1 is 1.38 bits per heavy atom. The van der Waals surface area contributed by atoms with E-state index in [1.165, 1.54) is 31.2 Å². The van der Waals surface area contributed by atoms with Gasteiger partial charge in [-0.15, -0.1) is 0 Å². The van der Waals surface area contributed by atoms with Crippen molar-refractivity contribution in [3.63, 3.8) is 0 Å². The van der Waals surface area contributed by atoms with Gasteiger partial charge in [-0.1, -0.05) is 24.3 Å². The third-order valence-corrected chi connectivity index (χ3v) is 2.32. The van der Waals surface area contributed by atoms with E-state index in [2.05, 4.69) is 0 Å². The number of benzene rings is 1. The second-order valence-corrected chi connectivity index (χ2v) is 3.87. The summed E-state index contributed by atoms with van der Waals surface area (Å²) in [6.07, 6.45) is -1.49. The molecule has 0 spiro atoms. The van der Waals surface area contributed by atoms with Crippen molar-refractivity contribution < 1.29 is 18.7 Å². The Morgan fingerprint density at radius 2 is 1.88 bits per heavy atom. The maximum absolute atomic E-state index is 13.4. The highest BCUT2D eigenvalue weighted by Gasteiger charge is 2.37. The number of aliphatic hydroxyl groups excluding tert-OH is 1. The molecule has 0 aliphatic carbocycles. The van der Waals surface area contributed by atoms with Crippen LogP contribution in [-0.4, -0.2) is 17.0 Å². The molecule has 2 nitrogen and oxygen atoms in total. The summed E-state index contributed by atoms with van der Waals surface area (Å²) >= 11 is 0. The smallest absolute Gasteiger partial charge is 0.298 e. The lowest BCUT2D eigenvalue weighted by molar-refractivity contribution is -0.116. The fourth-order valence-electron chi connectivity index (χ4n) is 1.37. The van der Waals surface area contributed by atoms with E-state index >= 15 is 0 Å². The lowest BCUT2D eigenvalue weighted by atomic mass is 10.0. The Hall–Kier alpha value is -1.29. The van der Waals surface area contributed by atoms with E-state index in [0.29, 0.717) is 5.56 Å². The highest BCUT2D eigenvalue weighted by Crippen LogP contribution is 2.31. The molecule has 1 aromatic carbocycles. The number of Topliss-reactive ketones (excluding diaryl/α,β-unsaturated/α-hetero) is 1. The largest absolute Gasteiger partial charge is 0.387 e. The van der Waals surface area contributed by atoms with Gasteiger partial charge in [0.05, 0.1) is 0 Å². The molecule has 0 saturated heterocycles. The summed E-state index contributed by atoms with van der Waals surface area (Å²) < 4.78 is 26.7. The van der Waals surface area contributed by atoms with Crippen LogP contribution in [-0.2, 0) is 17.1 Å². The van der Waals surface area contributed by atoms with Gasteiger partial charge in [0.15, 0.2) is 0 Å². The van der Waals surface area contributed by atoms with Gasteiger partial charge in [0.25, 0.3) is 5.92 Å². The van der Waals surface area contributed by atoms with Gasteiger partial charge in [0, 0.05) is 12.0 Å². The molecule has 16 heavy (non-hydrogen) atoms. The maximum atomic E-state index is 13.4. The molecule has 0 saturated carbocycles. The first-order valence-corrected chi connectivity index (χ1v) is 4.98. The normalized spacial score (nSPS) is 13.6. The number of alkyl halides is 2. The molecule has 4 heteroatoms. The minimum Gasteiger partial charge on any atom is -0.387 e. The molecular formula is C12H14F2O2. The quantitative estimate of drug-likeness (QED) is 0.858. The molecule has 0 aliphatic heterocycles. The predicted octanol–water partition coefficient (Wildman–Crippen LogP) is 2.29. The van der Waals surface area contributed by atoms with Crippen LogP contribution in [0.3, 0.4) is 0 Å². The SMILES string of the molecule is CC(=O)Cc1ccc(C(F)(F)[C@H](C)O)cc1. The van der Waals surface area contributed by atoms with Crippen LogP contribution in [0, 0.1) is 0 Å². The first kappa shape index (κ1) is 12.8. The average molecular weight is 228 g/mol. The van der Waals surface area contributed by atoms with Crippen molar-refractivity contribution in [2.75, 3.05) is 0 Å². The van der Waals surface area contributed by atoms with Crippen LogP contribution in [0.4, 0.5) is 8.78 Å². The van der Waals surface area contributed by atoms with E-state index < -0.39 is 12.0 Å². The number of hydrogen-bond acceptors (Lipinski definition) is 2. The average Bonchev–Trinajstić information content (AvgIpc) is 2.17. The molecule has 0 heterocycles. The highest BCUT2D eigenvalue weighted by molar-refractivity contribution is 5.78. The maximum Gasteiger partial charge on any atom is 0.298 e. The molecular weight excluding hydrogens is 214 g/mol. The third-order valence-electron chi connectivity index (χ3n) is 2.32. The molecule has 1 atom stereocenters. The van der Waals surface area contributed by atoms with Crippen molar-refractivity contribution in [1.82, 2.24) is 0 Å². The number of aliphatic hydroxyl groups is 1. The van der Waals surface area contributed by atoms with E-state index in [9.17, 15) is 13.6 Å². The molecule has 0 aliphatic rings. The summed E-state index contributed by atoms with van der Waals surface area (Å²) in [4.78, 5) is 10.8. The Balaban J connectivity index is 2.90. The zero-order valence-electron chi connectivity index (χ0n) is 9.21. The number of rotatable bonds is 4. The zero-order valence-corrected chi connectivity index (χ0v) is 9.21. The van der Waals surface area contributed by atoms with Gasteiger partial charge in [-0.25, -0.2) is 0 Å². The van der Waals surface area contributed by atoms with Crippen LogP contribution in [0.2, 0.25) is 0 Å². The van der Waals surface area contributed by atoms with Crippen LogP contribution in [0.15, 0.2) is 24.3 Å². The summed E-state index contributed by atoms with van der Waals surface area (Å²) in [6, 6.07) is 5.44. The Labute approximate surface area is 92.9 Å². The van der Waals surface area contributed by atoms with Gasteiger partial charge in [-0.3, -0.25) is 4.79 Å². The number of halogens is 2. The number of ketones is 1. The second-order valence-electron chi connectivity index (χ2n) is 3.87. The first-order valence-electron chi connectivity index (χ1n) is 4.98. The van der Waals surface area contributed by atoms with Gasteiger partial charge in [-0.05, 0) is 19.4 Å². The molecule has 0 bridgehead atoms. The fraction of sp³-hybridized carbons (Fsp3) is 0.417. The molecule has 0 amide bonds. The van der Waals surface area contributed by atoms with Crippen LogP contribution in [0.5, 0.6) is 0 Å².